The lowest BCUT2D eigenvalue weighted by molar-refractivity contribution is -0.123. The van der Waals surface area contributed by atoms with Crippen LogP contribution in [0.15, 0.2) is 51.4 Å². The predicted octanol–water partition coefficient (Wildman–Crippen LogP) is 5.81. The van der Waals surface area contributed by atoms with E-state index < -0.39 is 23.6 Å². The molecule has 0 heterocycles. The summed E-state index contributed by atoms with van der Waals surface area (Å²) in [6, 6.07) is 11.7. The number of benzene rings is 2. The third kappa shape index (κ3) is 10.3. The Labute approximate surface area is 231 Å². The molecule has 0 bridgehead atoms. The monoisotopic (exact) mass is 674 g/mol. The third-order valence-electron chi connectivity index (χ3n) is 4.56. The molecule has 0 aliphatic rings. The van der Waals surface area contributed by atoms with E-state index in [-0.39, 0.29) is 18.7 Å². The number of carbonyl (C=O) groups excluding carboxylic acids is 3. The second-order valence-corrected chi connectivity index (χ2v) is 11.2. The van der Waals surface area contributed by atoms with Crippen LogP contribution in [0.1, 0.15) is 43.1 Å². The zero-order valence-corrected chi connectivity index (χ0v) is 24.6. The number of halogens is 3. The van der Waals surface area contributed by atoms with E-state index >= 15 is 0 Å². The lowest BCUT2D eigenvalue weighted by atomic mass is 10.1. The number of hydrogen-bond acceptors (Lipinski definition) is 5. The van der Waals surface area contributed by atoms with Crippen LogP contribution in [-0.2, 0) is 16.0 Å². The Hall–Kier alpha value is -1.91. The average Bonchev–Trinajstić information content (AvgIpc) is 2.78. The van der Waals surface area contributed by atoms with Crippen molar-refractivity contribution in [2.75, 3.05) is 18.5 Å². The molecule has 0 saturated heterocycles. The van der Waals surface area contributed by atoms with Gasteiger partial charge in [-0.05, 0) is 76.7 Å². The zero-order valence-electron chi connectivity index (χ0n) is 19.8. The Balaban J connectivity index is 2.07. The molecule has 2 N–H and O–H groups in total. The molecule has 0 spiro atoms. The van der Waals surface area contributed by atoms with Crippen molar-refractivity contribution in [1.29, 1.82) is 0 Å². The fourth-order valence-electron chi connectivity index (χ4n) is 2.99. The second-order valence-electron chi connectivity index (χ2n) is 8.69. The molecule has 1 atom stereocenters. The molecule has 2 aromatic carbocycles. The summed E-state index contributed by atoms with van der Waals surface area (Å²) < 4.78 is 12.3. The van der Waals surface area contributed by atoms with Crippen LogP contribution in [0.3, 0.4) is 0 Å². The van der Waals surface area contributed by atoms with Crippen LogP contribution in [0, 0.1) is 0 Å². The molecular formula is C25H29Br3N2O5. The molecule has 35 heavy (non-hydrogen) atoms. The first kappa shape index (κ1) is 29.3. The number of hydrogen-bond donors (Lipinski definition) is 2. The highest BCUT2D eigenvalue weighted by molar-refractivity contribution is 9.11. The first-order valence-electron chi connectivity index (χ1n) is 11.0. The largest absolute Gasteiger partial charge is 0.491 e. The summed E-state index contributed by atoms with van der Waals surface area (Å²) in [5, 5.41) is 6.08. The van der Waals surface area contributed by atoms with E-state index in [1.165, 1.54) is 0 Å². The minimum atomic E-state index is -0.913. The quantitative estimate of drug-likeness (QED) is 0.178. The Morgan fingerprint density at radius 1 is 1.03 bits per heavy atom. The van der Waals surface area contributed by atoms with Gasteiger partial charge in [-0.25, -0.2) is 4.79 Å². The summed E-state index contributed by atoms with van der Waals surface area (Å²) in [6.07, 6.45) is 0.383. The van der Waals surface area contributed by atoms with Gasteiger partial charge >= 0.3 is 6.09 Å². The zero-order chi connectivity index (χ0) is 26.0. The van der Waals surface area contributed by atoms with Gasteiger partial charge in [0.15, 0.2) is 5.78 Å². The fraction of sp³-hybridized carbons (Fsp3) is 0.400. The summed E-state index contributed by atoms with van der Waals surface area (Å²) >= 11 is 10.2. The minimum absolute atomic E-state index is 0.233. The van der Waals surface area contributed by atoms with Crippen molar-refractivity contribution in [1.82, 2.24) is 10.6 Å². The number of Topliss-reactive ketones (excluding diaryl/α,β-unsaturated/α-hetero) is 1. The molecule has 0 unspecified atom stereocenters. The lowest BCUT2D eigenvalue weighted by Crippen LogP contribution is -2.50. The second kappa shape index (κ2) is 14.0. The van der Waals surface area contributed by atoms with Gasteiger partial charge < -0.3 is 20.1 Å². The van der Waals surface area contributed by atoms with Crippen LogP contribution in [-0.4, -0.2) is 47.9 Å². The third-order valence-corrected chi connectivity index (χ3v) is 6.30. The van der Waals surface area contributed by atoms with Crippen molar-refractivity contribution in [3.05, 3.63) is 62.5 Å². The van der Waals surface area contributed by atoms with Crippen molar-refractivity contribution in [3.8, 4) is 5.75 Å². The molecule has 2 amide bonds. The summed E-state index contributed by atoms with van der Waals surface area (Å²) in [6.45, 7) is 5.52. The SMILES string of the molecule is CC(C)(C)OC(=O)N[C@@H](Cc1ccccc1)C(=O)NCC(=O)c1cc(Br)c(OCCCBr)c(Br)c1. The molecule has 2 rings (SSSR count). The van der Waals surface area contributed by atoms with Crippen LogP contribution < -0.4 is 15.4 Å². The first-order valence-corrected chi connectivity index (χ1v) is 13.7. The molecule has 0 saturated carbocycles. The van der Waals surface area contributed by atoms with Crippen molar-refractivity contribution in [2.45, 2.75) is 45.3 Å². The number of alkyl carbamates (subject to hydrolysis) is 1. The fourth-order valence-corrected chi connectivity index (χ4v) is 4.63. The van der Waals surface area contributed by atoms with Crippen LogP contribution in [0.25, 0.3) is 0 Å². The van der Waals surface area contributed by atoms with E-state index in [4.69, 9.17) is 9.47 Å². The smallest absolute Gasteiger partial charge is 0.408 e. The van der Waals surface area contributed by atoms with Crippen LogP contribution in [0.2, 0.25) is 0 Å². The van der Waals surface area contributed by atoms with E-state index in [1.807, 2.05) is 30.3 Å². The van der Waals surface area contributed by atoms with Gasteiger partial charge in [-0.15, -0.1) is 0 Å². The van der Waals surface area contributed by atoms with Crippen molar-refractivity contribution >= 4 is 65.6 Å². The summed E-state index contributed by atoms with van der Waals surface area (Å²) in [5.74, 6) is -0.167. The Morgan fingerprint density at radius 3 is 2.23 bits per heavy atom. The molecular weight excluding hydrogens is 648 g/mol. The number of ether oxygens (including phenoxy) is 2. The normalized spacial score (nSPS) is 11.9. The number of rotatable bonds is 11. The Kier molecular flexibility index (Phi) is 11.7. The number of alkyl halides is 1. The van der Waals surface area contributed by atoms with Crippen molar-refractivity contribution in [3.63, 3.8) is 0 Å². The highest BCUT2D eigenvalue weighted by Crippen LogP contribution is 2.35. The maximum Gasteiger partial charge on any atom is 0.408 e. The summed E-state index contributed by atoms with van der Waals surface area (Å²) in [5.41, 5.74) is 0.550. The van der Waals surface area contributed by atoms with Gasteiger partial charge in [0.05, 0.1) is 22.1 Å². The molecule has 0 aliphatic carbocycles. The first-order chi connectivity index (χ1) is 16.5. The lowest BCUT2D eigenvalue weighted by Gasteiger charge is -2.23. The minimum Gasteiger partial charge on any atom is -0.491 e. The molecule has 0 aromatic heterocycles. The van der Waals surface area contributed by atoms with Crippen LogP contribution in [0.5, 0.6) is 5.75 Å². The van der Waals surface area contributed by atoms with E-state index in [9.17, 15) is 14.4 Å². The Bertz CT molecular complexity index is 1000. The molecule has 10 heteroatoms. The highest BCUT2D eigenvalue weighted by atomic mass is 79.9. The topological polar surface area (TPSA) is 93.7 Å². The van der Waals surface area contributed by atoms with Gasteiger partial charge in [-0.2, -0.15) is 0 Å². The summed E-state index contributed by atoms with van der Waals surface area (Å²) in [4.78, 5) is 38.1. The standard InChI is InChI=1S/C25H29Br3N2O5/c1-25(2,3)35-24(33)30-20(12-16-8-5-4-6-9-16)23(32)29-15-21(31)17-13-18(27)22(19(28)14-17)34-11-7-10-26/h4-6,8-9,13-14,20H,7,10-12,15H2,1-3H3,(H,29,32)(H,30,33)/t20-/m0/s1. The van der Waals surface area contributed by atoms with Gasteiger partial charge in [-0.1, -0.05) is 46.3 Å². The number of nitrogens with one attached hydrogen (secondary N) is 2. The van der Waals surface area contributed by atoms with Gasteiger partial charge in [0.1, 0.15) is 17.4 Å². The number of amides is 2. The predicted molar refractivity (Wildman–Crippen MR) is 146 cm³/mol. The van der Waals surface area contributed by atoms with E-state index in [2.05, 4.69) is 58.4 Å². The maximum absolute atomic E-state index is 12.9. The molecule has 0 aliphatic heterocycles. The van der Waals surface area contributed by atoms with Crippen molar-refractivity contribution in [2.24, 2.45) is 0 Å². The van der Waals surface area contributed by atoms with Crippen LogP contribution >= 0.6 is 47.8 Å². The van der Waals surface area contributed by atoms with Crippen molar-refractivity contribution < 1.29 is 23.9 Å². The Morgan fingerprint density at radius 2 is 1.66 bits per heavy atom. The number of ketones is 1. The van der Waals surface area contributed by atoms with Gasteiger partial charge in [0.25, 0.3) is 0 Å². The molecule has 2 aromatic rings. The summed E-state index contributed by atoms with van der Waals surface area (Å²) in [7, 11) is 0. The highest BCUT2D eigenvalue weighted by Gasteiger charge is 2.25. The maximum atomic E-state index is 12.9. The molecule has 190 valence electrons. The number of carbonyl (C=O) groups is 3. The van der Waals surface area contributed by atoms with E-state index in [0.717, 1.165) is 17.3 Å². The molecule has 0 fully saturated rings. The molecule has 7 nitrogen and oxygen atoms in total. The van der Waals surface area contributed by atoms with Gasteiger partial charge in [0.2, 0.25) is 5.91 Å². The van der Waals surface area contributed by atoms with Gasteiger partial charge in [0, 0.05) is 17.3 Å². The van der Waals surface area contributed by atoms with E-state index in [1.54, 1.807) is 32.9 Å². The average molecular weight is 677 g/mol. The van der Waals surface area contributed by atoms with Gasteiger partial charge in [-0.3, -0.25) is 9.59 Å². The van der Waals surface area contributed by atoms with Crippen LogP contribution in [0.4, 0.5) is 4.79 Å². The van der Waals surface area contributed by atoms with E-state index in [0.29, 0.717) is 26.9 Å². The molecule has 0 radical (unpaired) electrons.